The summed E-state index contributed by atoms with van der Waals surface area (Å²) in [6.07, 6.45) is 0.946. The molecule has 0 atom stereocenters. The number of aliphatic imine (C=N–C) groups is 1. The smallest absolute Gasteiger partial charge is 0.191 e. The summed E-state index contributed by atoms with van der Waals surface area (Å²) in [6, 6.07) is 14.2. The minimum absolute atomic E-state index is 0.617. The van der Waals surface area contributed by atoms with E-state index >= 15 is 0 Å². The van der Waals surface area contributed by atoms with Gasteiger partial charge in [-0.25, -0.2) is 0 Å². The Morgan fingerprint density at radius 3 is 2.36 bits per heavy atom. The minimum Gasteiger partial charge on any atom is -0.493 e. The molecular weight excluding hydrogens is 382 g/mol. The van der Waals surface area contributed by atoms with E-state index in [0.717, 1.165) is 29.0 Å². The summed E-state index contributed by atoms with van der Waals surface area (Å²) in [5.74, 6) is 2.16. The van der Waals surface area contributed by atoms with Crippen LogP contribution in [-0.4, -0.2) is 33.8 Å². The summed E-state index contributed by atoms with van der Waals surface area (Å²) >= 11 is 3.57. The molecule has 0 saturated heterocycles. The first-order chi connectivity index (χ1) is 12.2. The number of benzene rings is 2. The third kappa shape index (κ3) is 5.67. The van der Waals surface area contributed by atoms with Gasteiger partial charge in [-0.15, -0.1) is 0 Å². The van der Waals surface area contributed by atoms with E-state index in [2.05, 4.69) is 55.8 Å². The molecular formula is C19H24BrN3O2. The highest BCUT2D eigenvalue weighted by Gasteiger charge is 2.10. The number of hydrogen-bond donors (Lipinski definition) is 2. The second-order valence-electron chi connectivity index (χ2n) is 5.39. The zero-order valence-electron chi connectivity index (χ0n) is 14.8. The van der Waals surface area contributed by atoms with Crippen molar-refractivity contribution in [3.05, 3.63) is 58.1 Å². The van der Waals surface area contributed by atoms with Gasteiger partial charge in [-0.05, 0) is 29.7 Å². The van der Waals surface area contributed by atoms with Gasteiger partial charge in [0, 0.05) is 24.6 Å². The zero-order chi connectivity index (χ0) is 18.1. The fourth-order valence-corrected chi connectivity index (χ4v) is 2.86. The maximum atomic E-state index is 5.36. The molecule has 0 aliphatic rings. The molecule has 25 heavy (non-hydrogen) atoms. The van der Waals surface area contributed by atoms with Gasteiger partial charge in [0.25, 0.3) is 0 Å². The predicted molar refractivity (Wildman–Crippen MR) is 106 cm³/mol. The van der Waals surface area contributed by atoms with Gasteiger partial charge in [-0.2, -0.15) is 0 Å². The SMILES string of the molecule is CN=C(NCCc1ccccc1)NCc1cc(OC)c(OC)cc1Br. The summed E-state index contributed by atoms with van der Waals surface area (Å²) in [5, 5.41) is 6.64. The maximum absolute atomic E-state index is 5.36. The number of hydrogen-bond acceptors (Lipinski definition) is 3. The lowest BCUT2D eigenvalue weighted by Crippen LogP contribution is -2.37. The van der Waals surface area contributed by atoms with Crippen LogP contribution in [0.25, 0.3) is 0 Å². The van der Waals surface area contributed by atoms with Crippen LogP contribution in [0.4, 0.5) is 0 Å². The van der Waals surface area contributed by atoms with Crippen molar-refractivity contribution in [2.45, 2.75) is 13.0 Å². The van der Waals surface area contributed by atoms with Gasteiger partial charge < -0.3 is 20.1 Å². The van der Waals surface area contributed by atoms with Gasteiger partial charge in [-0.1, -0.05) is 46.3 Å². The Morgan fingerprint density at radius 1 is 1.04 bits per heavy atom. The van der Waals surface area contributed by atoms with Gasteiger partial charge in [0.1, 0.15) is 0 Å². The fraction of sp³-hybridized carbons (Fsp3) is 0.316. The average molecular weight is 406 g/mol. The molecule has 0 unspecified atom stereocenters. The van der Waals surface area contributed by atoms with Gasteiger partial charge in [0.05, 0.1) is 14.2 Å². The highest BCUT2D eigenvalue weighted by atomic mass is 79.9. The number of nitrogens with one attached hydrogen (secondary N) is 2. The van der Waals surface area contributed by atoms with Gasteiger partial charge >= 0.3 is 0 Å². The Kier molecular flexibility index (Phi) is 7.60. The molecule has 2 aromatic carbocycles. The van der Waals surface area contributed by atoms with E-state index in [1.165, 1.54) is 5.56 Å². The average Bonchev–Trinajstić information content (AvgIpc) is 2.65. The normalized spacial score (nSPS) is 11.1. The summed E-state index contributed by atoms with van der Waals surface area (Å²) < 4.78 is 11.6. The molecule has 0 aliphatic heterocycles. The number of rotatable bonds is 7. The van der Waals surface area contributed by atoms with E-state index in [1.807, 2.05) is 18.2 Å². The maximum Gasteiger partial charge on any atom is 0.191 e. The van der Waals surface area contributed by atoms with Crippen molar-refractivity contribution in [3.63, 3.8) is 0 Å². The monoisotopic (exact) mass is 405 g/mol. The summed E-state index contributed by atoms with van der Waals surface area (Å²) in [4.78, 5) is 4.26. The fourth-order valence-electron chi connectivity index (χ4n) is 2.40. The highest BCUT2D eigenvalue weighted by Crippen LogP contribution is 2.33. The van der Waals surface area contributed by atoms with Gasteiger partial charge in [0.15, 0.2) is 17.5 Å². The lowest BCUT2D eigenvalue weighted by atomic mass is 10.1. The van der Waals surface area contributed by atoms with Crippen LogP contribution in [0.2, 0.25) is 0 Å². The molecule has 2 rings (SSSR count). The molecule has 0 aliphatic carbocycles. The van der Waals surface area contributed by atoms with Crippen LogP contribution in [0.15, 0.2) is 51.9 Å². The van der Waals surface area contributed by atoms with Crippen molar-refractivity contribution in [2.75, 3.05) is 27.8 Å². The number of ether oxygens (including phenoxy) is 2. The largest absolute Gasteiger partial charge is 0.493 e. The molecule has 6 heteroatoms. The van der Waals surface area contributed by atoms with E-state index in [1.54, 1.807) is 21.3 Å². The third-order valence-electron chi connectivity index (χ3n) is 3.77. The quantitative estimate of drug-likeness (QED) is 0.547. The van der Waals surface area contributed by atoms with Crippen LogP contribution in [-0.2, 0) is 13.0 Å². The van der Waals surface area contributed by atoms with Gasteiger partial charge in [-0.3, -0.25) is 4.99 Å². The van der Waals surface area contributed by atoms with Crippen LogP contribution in [0.5, 0.6) is 11.5 Å². The summed E-state index contributed by atoms with van der Waals surface area (Å²) in [7, 11) is 5.02. The van der Waals surface area contributed by atoms with Crippen LogP contribution < -0.4 is 20.1 Å². The zero-order valence-corrected chi connectivity index (χ0v) is 16.4. The van der Waals surface area contributed by atoms with Crippen molar-refractivity contribution in [3.8, 4) is 11.5 Å². The molecule has 2 N–H and O–H groups in total. The lowest BCUT2D eigenvalue weighted by molar-refractivity contribution is 0.354. The van der Waals surface area contributed by atoms with Crippen LogP contribution in [0.3, 0.4) is 0 Å². The first kappa shape index (κ1) is 19.1. The van der Waals surface area contributed by atoms with E-state index in [9.17, 15) is 0 Å². The molecule has 0 heterocycles. The Balaban J connectivity index is 1.90. The first-order valence-electron chi connectivity index (χ1n) is 8.06. The molecule has 5 nitrogen and oxygen atoms in total. The van der Waals surface area contributed by atoms with Crippen molar-refractivity contribution in [2.24, 2.45) is 4.99 Å². The topological polar surface area (TPSA) is 54.9 Å². The molecule has 0 radical (unpaired) electrons. The van der Waals surface area contributed by atoms with Crippen LogP contribution in [0, 0.1) is 0 Å². The van der Waals surface area contributed by atoms with Crippen molar-refractivity contribution < 1.29 is 9.47 Å². The summed E-state index contributed by atoms with van der Waals surface area (Å²) in [6.45, 7) is 1.43. The molecule has 0 saturated carbocycles. The Morgan fingerprint density at radius 2 is 1.72 bits per heavy atom. The van der Waals surface area contributed by atoms with E-state index in [0.29, 0.717) is 18.0 Å². The molecule has 0 spiro atoms. The molecule has 0 bridgehead atoms. The highest BCUT2D eigenvalue weighted by molar-refractivity contribution is 9.10. The molecule has 2 aromatic rings. The lowest BCUT2D eigenvalue weighted by Gasteiger charge is -2.15. The Labute approximate surface area is 157 Å². The standard InChI is InChI=1S/C19H24BrN3O2/c1-21-19(22-10-9-14-7-5-4-6-8-14)23-13-15-11-17(24-2)18(25-3)12-16(15)20/h4-8,11-12H,9-10,13H2,1-3H3,(H2,21,22,23). The Hall–Kier alpha value is -2.21. The number of nitrogens with zero attached hydrogens (tertiary/aromatic N) is 1. The predicted octanol–water partition coefficient (Wildman–Crippen LogP) is 3.37. The molecule has 0 amide bonds. The van der Waals surface area contributed by atoms with E-state index < -0.39 is 0 Å². The van der Waals surface area contributed by atoms with Crippen molar-refractivity contribution in [1.29, 1.82) is 0 Å². The first-order valence-corrected chi connectivity index (χ1v) is 8.86. The summed E-state index contributed by atoms with van der Waals surface area (Å²) in [5.41, 5.74) is 2.36. The van der Waals surface area contributed by atoms with Crippen LogP contribution in [0.1, 0.15) is 11.1 Å². The minimum atomic E-state index is 0.617. The van der Waals surface area contributed by atoms with Crippen molar-refractivity contribution in [1.82, 2.24) is 10.6 Å². The van der Waals surface area contributed by atoms with Crippen LogP contribution >= 0.6 is 15.9 Å². The number of methoxy groups -OCH3 is 2. The number of guanidine groups is 1. The van der Waals surface area contributed by atoms with Crippen molar-refractivity contribution >= 4 is 21.9 Å². The third-order valence-corrected chi connectivity index (χ3v) is 4.51. The Bertz CT molecular complexity index is 705. The number of halogens is 1. The van der Waals surface area contributed by atoms with E-state index in [-0.39, 0.29) is 0 Å². The molecule has 0 aromatic heterocycles. The second-order valence-corrected chi connectivity index (χ2v) is 6.24. The van der Waals surface area contributed by atoms with Gasteiger partial charge in [0.2, 0.25) is 0 Å². The second kappa shape index (κ2) is 9.93. The molecule has 0 fully saturated rings. The molecule has 134 valence electrons. The van der Waals surface area contributed by atoms with E-state index in [4.69, 9.17) is 9.47 Å².